The number of benzene rings is 9. The molecule has 2 nitrogen and oxygen atoms in total. The fraction of sp³-hybridized carbons (Fsp3) is 0.148. The van der Waals surface area contributed by atoms with E-state index in [9.17, 15) is 0 Å². The number of aryl methyl sites for hydroxylation is 1. The predicted octanol–water partition coefficient (Wildman–Crippen LogP) is 15.3. The summed E-state index contributed by atoms with van der Waals surface area (Å²) < 4.78 is 0. The molecule has 1 radical (unpaired) electrons. The zero-order chi connectivity index (χ0) is 43.6. The average molecular weight is 824 g/mol. The summed E-state index contributed by atoms with van der Waals surface area (Å²) in [6, 6.07) is 71.6. The van der Waals surface area contributed by atoms with Gasteiger partial charge in [-0.1, -0.05) is 179 Å². The number of anilines is 5. The molecule has 1 heterocycles. The molecule has 0 saturated heterocycles. The summed E-state index contributed by atoms with van der Waals surface area (Å²) in [6.45, 7) is 12.0. The quantitative estimate of drug-likeness (QED) is 0.161. The first-order chi connectivity index (χ1) is 31.1. The number of hydrogen-bond acceptors (Lipinski definition) is 2. The SMILES string of the molecule is Cc1ccc(-c2ccccc2)cc1N1c2cc3c(cc2[B]c2c(-c4cc5ccccc5cc4Nc4ccc(-c5ccccc5)cc4)cc(-c4ccccc4)cc21)C(C)(C)CCC3(C)C. The van der Waals surface area contributed by atoms with Crippen molar-refractivity contribution < 1.29 is 0 Å². The Kier molecular flexibility index (Phi) is 9.69. The topological polar surface area (TPSA) is 15.3 Å². The van der Waals surface area contributed by atoms with Crippen molar-refractivity contribution in [3.05, 3.63) is 211 Å². The maximum Gasteiger partial charge on any atom is 0.197 e. The maximum atomic E-state index is 3.94. The largest absolute Gasteiger partial charge is 0.355 e. The summed E-state index contributed by atoms with van der Waals surface area (Å²) in [5, 5.41) is 6.34. The number of nitrogens with one attached hydrogen (secondary N) is 1. The highest BCUT2D eigenvalue weighted by Crippen LogP contribution is 2.50. The summed E-state index contributed by atoms with van der Waals surface area (Å²) in [7, 11) is 2.49. The Hall–Kier alpha value is -7.10. The van der Waals surface area contributed by atoms with Crippen LogP contribution in [0.15, 0.2) is 194 Å². The standard InChI is InChI=1S/C61H52BN2/c1-40-25-26-47(42-19-11-7-12-20-42)36-56(40)64-57-39-53-52(60(2,3)31-32-61(53,4)5)38-54(57)62-59-51(34-48(37-58(59)64)43-21-13-8-14-22-43)50-33-45-23-15-16-24-46(45)35-55(50)63-49-29-27-44(28-30-49)41-17-9-6-10-18-41/h6-30,33-39,63H,31-32H2,1-5H3. The van der Waals surface area contributed by atoms with E-state index in [0.29, 0.717) is 0 Å². The first-order valence-corrected chi connectivity index (χ1v) is 22.8. The normalized spacial score (nSPS) is 14.5. The highest BCUT2D eigenvalue weighted by Gasteiger charge is 2.40. The molecular formula is C61H52BN2. The third-order valence-electron chi connectivity index (χ3n) is 14.1. The minimum Gasteiger partial charge on any atom is -0.355 e. The fourth-order valence-electron chi connectivity index (χ4n) is 10.2. The Morgan fingerprint density at radius 1 is 0.438 bits per heavy atom. The maximum absolute atomic E-state index is 3.94. The minimum absolute atomic E-state index is 0.0504. The van der Waals surface area contributed by atoms with Crippen molar-refractivity contribution in [1.82, 2.24) is 0 Å². The summed E-state index contributed by atoms with van der Waals surface area (Å²) in [5.74, 6) is 0. The Balaban J connectivity index is 1.18. The zero-order valence-corrected chi connectivity index (χ0v) is 37.4. The molecule has 309 valence electrons. The molecule has 0 fully saturated rings. The third kappa shape index (κ3) is 7.10. The van der Waals surface area contributed by atoms with Crippen LogP contribution in [0.2, 0.25) is 0 Å². The van der Waals surface area contributed by atoms with Gasteiger partial charge in [0.1, 0.15) is 0 Å². The van der Waals surface area contributed by atoms with Crippen LogP contribution in [0.5, 0.6) is 0 Å². The van der Waals surface area contributed by atoms with Crippen LogP contribution < -0.4 is 21.1 Å². The Morgan fingerprint density at radius 3 is 1.59 bits per heavy atom. The molecule has 2 aliphatic rings. The summed E-state index contributed by atoms with van der Waals surface area (Å²) >= 11 is 0. The van der Waals surface area contributed by atoms with Crippen molar-refractivity contribution in [2.24, 2.45) is 0 Å². The second-order valence-electron chi connectivity index (χ2n) is 19.2. The van der Waals surface area contributed by atoms with Crippen molar-refractivity contribution in [2.75, 3.05) is 10.2 Å². The molecule has 0 aromatic heterocycles. The van der Waals surface area contributed by atoms with Gasteiger partial charge in [-0.3, -0.25) is 0 Å². The molecule has 1 aliphatic heterocycles. The van der Waals surface area contributed by atoms with Crippen molar-refractivity contribution >= 4 is 57.4 Å². The molecule has 1 aliphatic carbocycles. The Labute approximate surface area is 379 Å². The molecule has 9 aromatic carbocycles. The van der Waals surface area contributed by atoms with Crippen LogP contribution in [0.25, 0.3) is 55.3 Å². The molecule has 11 rings (SSSR count). The van der Waals surface area contributed by atoms with Gasteiger partial charge < -0.3 is 10.2 Å². The van der Waals surface area contributed by atoms with Crippen molar-refractivity contribution in [1.29, 1.82) is 0 Å². The number of nitrogens with zero attached hydrogens (tertiary/aromatic N) is 1. The molecule has 0 spiro atoms. The van der Waals surface area contributed by atoms with Crippen LogP contribution in [0.1, 0.15) is 57.2 Å². The molecule has 1 N–H and O–H groups in total. The molecule has 0 amide bonds. The second kappa shape index (κ2) is 15.6. The highest BCUT2D eigenvalue weighted by molar-refractivity contribution is 6.73. The van der Waals surface area contributed by atoms with Crippen LogP contribution in [-0.2, 0) is 10.8 Å². The molecule has 0 atom stereocenters. The number of hydrogen-bond donors (Lipinski definition) is 1. The summed E-state index contributed by atoms with van der Waals surface area (Å²) in [4.78, 5) is 2.59. The predicted molar refractivity (Wildman–Crippen MR) is 275 cm³/mol. The van der Waals surface area contributed by atoms with Gasteiger partial charge in [0.05, 0.1) is 0 Å². The van der Waals surface area contributed by atoms with E-state index in [1.54, 1.807) is 0 Å². The summed E-state index contributed by atoms with van der Waals surface area (Å²) in [6.07, 6.45) is 2.32. The van der Waals surface area contributed by atoms with Gasteiger partial charge in [0.25, 0.3) is 0 Å². The van der Waals surface area contributed by atoms with Crippen molar-refractivity contribution in [3.63, 3.8) is 0 Å². The van der Waals surface area contributed by atoms with E-state index in [2.05, 4.69) is 246 Å². The second-order valence-corrected chi connectivity index (χ2v) is 19.2. The molecular weight excluding hydrogens is 771 g/mol. The van der Waals surface area contributed by atoms with E-state index in [-0.39, 0.29) is 10.8 Å². The van der Waals surface area contributed by atoms with Gasteiger partial charge in [0.15, 0.2) is 7.28 Å². The highest BCUT2D eigenvalue weighted by atomic mass is 15.2. The zero-order valence-electron chi connectivity index (χ0n) is 37.4. The van der Waals surface area contributed by atoms with E-state index in [1.165, 1.54) is 94.4 Å². The lowest BCUT2D eigenvalue weighted by Gasteiger charge is -2.44. The van der Waals surface area contributed by atoms with Crippen molar-refractivity contribution in [3.8, 4) is 44.5 Å². The first kappa shape index (κ1) is 39.7. The smallest absolute Gasteiger partial charge is 0.197 e. The molecule has 0 saturated carbocycles. The molecule has 0 bridgehead atoms. The van der Waals surface area contributed by atoms with Crippen LogP contribution in [0.3, 0.4) is 0 Å². The lowest BCUT2D eigenvalue weighted by atomic mass is 9.55. The van der Waals surface area contributed by atoms with Gasteiger partial charge in [0, 0.05) is 34.0 Å². The number of fused-ring (bicyclic) bond motifs is 4. The third-order valence-corrected chi connectivity index (χ3v) is 14.1. The van der Waals surface area contributed by atoms with Gasteiger partial charge >= 0.3 is 0 Å². The van der Waals surface area contributed by atoms with Gasteiger partial charge in [0.2, 0.25) is 0 Å². The lowest BCUT2D eigenvalue weighted by molar-refractivity contribution is 0.332. The summed E-state index contributed by atoms with van der Waals surface area (Å²) in [5.41, 5.74) is 22.0. The van der Waals surface area contributed by atoms with Crippen LogP contribution in [-0.4, -0.2) is 7.28 Å². The van der Waals surface area contributed by atoms with Crippen LogP contribution in [0.4, 0.5) is 28.4 Å². The first-order valence-electron chi connectivity index (χ1n) is 22.8. The van der Waals surface area contributed by atoms with E-state index in [1.807, 2.05) is 0 Å². The van der Waals surface area contributed by atoms with Crippen LogP contribution in [0, 0.1) is 6.92 Å². The molecule has 64 heavy (non-hydrogen) atoms. The van der Waals surface area contributed by atoms with E-state index in [0.717, 1.165) is 29.8 Å². The van der Waals surface area contributed by atoms with Gasteiger partial charge in [-0.2, -0.15) is 0 Å². The van der Waals surface area contributed by atoms with E-state index in [4.69, 9.17) is 0 Å². The lowest BCUT2D eigenvalue weighted by Crippen LogP contribution is -2.44. The molecule has 3 heteroatoms. The van der Waals surface area contributed by atoms with Crippen molar-refractivity contribution in [2.45, 2.75) is 58.3 Å². The Morgan fingerprint density at radius 2 is 0.953 bits per heavy atom. The van der Waals surface area contributed by atoms with Gasteiger partial charge in [-0.25, -0.2) is 0 Å². The minimum atomic E-state index is 0.0504. The van der Waals surface area contributed by atoms with E-state index < -0.39 is 0 Å². The number of rotatable bonds is 7. The van der Waals surface area contributed by atoms with E-state index >= 15 is 0 Å². The van der Waals surface area contributed by atoms with Gasteiger partial charge in [-0.05, 0) is 151 Å². The molecule has 0 unspecified atom stereocenters. The molecule has 9 aromatic rings. The monoisotopic (exact) mass is 823 g/mol. The fourth-order valence-corrected chi connectivity index (χ4v) is 10.2. The Bertz CT molecular complexity index is 3200. The average Bonchev–Trinajstić information content (AvgIpc) is 3.33. The van der Waals surface area contributed by atoms with Crippen LogP contribution >= 0.6 is 0 Å². The van der Waals surface area contributed by atoms with Gasteiger partial charge in [-0.15, -0.1) is 0 Å².